The summed E-state index contributed by atoms with van der Waals surface area (Å²) < 4.78 is 6.06. The summed E-state index contributed by atoms with van der Waals surface area (Å²) in [6.07, 6.45) is 3.88. The van der Waals surface area contributed by atoms with Gasteiger partial charge in [-0.2, -0.15) is 0 Å². The van der Waals surface area contributed by atoms with E-state index in [0.717, 1.165) is 19.3 Å². The van der Waals surface area contributed by atoms with E-state index >= 15 is 0 Å². The van der Waals surface area contributed by atoms with Crippen LogP contribution >= 0.6 is 0 Å². The zero-order valence-electron chi connectivity index (χ0n) is 12.9. The van der Waals surface area contributed by atoms with Gasteiger partial charge in [-0.1, -0.05) is 33.6 Å². The van der Waals surface area contributed by atoms with Crippen LogP contribution in [0.5, 0.6) is 0 Å². The van der Waals surface area contributed by atoms with E-state index in [0.29, 0.717) is 24.9 Å². The molecule has 4 heteroatoms. The highest BCUT2D eigenvalue weighted by Gasteiger charge is 2.37. The lowest BCUT2D eigenvalue weighted by molar-refractivity contribution is -0.151. The van der Waals surface area contributed by atoms with Crippen LogP contribution in [0.15, 0.2) is 0 Å². The van der Waals surface area contributed by atoms with E-state index in [-0.39, 0.29) is 11.5 Å². The molecule has 0 radical (unpaired) electrons. The van der Waals surface area contributed by atoms with Crippen LogP contribution in [0.2, 0.25) is 0 Å². The highest BCUT2D eigenvalue weighted by Crippen LogP contribution is 2.35. The molecule has 1 amide bonds. The van der Waals surface area contributed by atoms with E-state index in [1.54, 1.807) is 0 Å². The number of hydrogen-bond acceptors (Lipinski definition) is 3. The quantitative estimate of drug-likeness (QED) is 0.776. The molecule has 1 aliphatic rings. The van der Waals surface area contributed by atoms with E-state index in [2.05, 4.69) is 26.1 Å². The van der Waals surface area contributed by atoms with Gasteiger partial charge in [-0.15, -0.1) is 0 Å². The molecule has 0 spiro atoms. The second-order valence-corrected chi connectivity index (χ2v) is 6.49. The van der Waals surface area contributed by atoms with Crippen molar-refractivity contribution in [2.24, 2.45) is 17.6 Å². The molecule has 0 heterocycles. The number of nitrogens with two attached hydrogens (primary N) is 1. The molecule has 3 atom stereocenters. The number of nitrogens with one attached hydrogen (secondary N) is 1. The second kappa shape index (κ2) is 7.25. The Morgan fingerprint density at radius 2 is 2.16 bits per heavy atom. The number of carbonyl (C=O) groups excluding carboxylic acids is 1. The molecule has 1 rings (SSSR count). The summed E-state index contributed by atoms with van der Waals surface area (Å²) >= 11 is 0. The zero-order valence-corrected chi connectivity index (χ0v) is 12.9. The Hall–Kier alpha value is -0.610. The van der Waals surface area contributed by atoms with Gasteiger partial charge in [-0.05, 0) is 31.6 Å². The van der Waals surface area contributed by atoms with Gasteiger partial charge in [-0.3, -0.25) is 4.79 Å². The largest absolute Gasteiger partial charge is 0.361 e. The molecule has 1 saturated carbocycles. The van der Waals surface area contributed by atoms with Gasteiger partial charge in [0.25, 0.3) is 0 Å². The molecule has 3 N–H and O–H groups in total. The predicted molar refractivity (Wildman–Crippen MR) is 77.8 cm³/mol. The van der Waals surface area contributed by atoms with Gasteiger partial charge in [-0.25, -0.2) is 0 Å². The molecule has 0 saturated heterocycles. The molecule has 0 aliphatic heterocycles. The Balaban J connectivity index is 2.52. The molecule has 4 nitrogen and oxygen atoms in total. The van der Waals surface area contributed by atoms with Crippen molar-refractivity contribution in [1.82, 2.24) is 5.32 Å². The maximum absolute atomic E-state index is 12.0. The monoisotopic (exact) mass is 270 g/mol. The molecular weight excluding hydrogens is 240 g/mol. The minimum absolute atomic E-state index is 0.0280. The first-order chi connectivity index (χ1) is 8.88. The van der Waals surface area contributed by atoms with Crippen molar-refractivity contribution in [3.8, 4) is 0 Å². The Bertz CT molecular complexity index is 294. The Morgan fingerprint density at radius 3 is 2.68 bits per heavy atom. The van der Waals surface area contributed by atoms with Crippen molar-refractivity contribution < 1.29 is 9.53 Å². The maximum atomic E-state index is 12.0. The minimum Gasteiger partial charge on any atom is -0.361 e. The minimum atomic E-state index is -0.424. The molecular formula is C15H30N2O2. The standard InChI is InChI=1S/C15H30N2O2/c1-11(2)9-17-14(18)13(4)19-15(10-16)7-5-6-12(3)8-15/h11-13H,5-10,16H2,1-4H3,(H,17,18). The number of amides is 1. The SMILES string of the molecule is CC(C)CNC(=O)C(C)OC1(CN)CCCC(C)C1. The van der Waals surface area contributed by atoms with Crippen molar-refractivity contribution in [2.45, 2.75) is 65.1 Å². The Kier molecular flexibility index (Phi) is 6.27. The van der Waals surface area contributed by atoms with Crippen LogP contribution in [0, 0.1) is 11.8 Å². The third-order valence-electron chi connectivity index (χ3n) is 3.90. The van der Waals surface area contributed by atoms with E-state index in [1.807, 2.05) is 6.92 Å². The van der Waals surface area contributed by atoms with Crippen LogP contribution in [0.3, 0.4) is 0 Å². The van der Waals surface area contributed by atoms with E-state index in [1.165, 1.54) is 6.42 Å². The summed E-state index contributed by atoms with van der Waals surface area (Å²) in [6, 6.07) is 0. The average molecular weight is 270 g/mol. The maximum Gasteiger partial charge on any atom is 0.248 e. The van der Waals surface area contributed by atoms with E-state index < -0.39 is 6.10 Å². The first kappa shape index (κ1) is 16.4. The summed E-state index contributed by atoms with van der Waals surface area (Å²) in [7, 11) is 0. The molecule has 1 fully saturated rings. The molecule has 19 heavy (non-hydrogen) atoms. The van der Waals surface area contributed by atoms with Gasteiger partial charge in [0, 0.05) is 13.1 Å². The zero-order chi connectivity index (χ0) is 14.5. The van der Waals surface area contributed by atoms with Crippen LogP contribution in [-0.4, -0.2) is 30.7 Å². The van der Waals surface area contributed by atoms with Crippen molar-refractivity contribution in [3.63, 3.8) is 0 Å². The number of ether oxygens (including phenoxy) is 1. The van der Waals surface area contributed by atoms with Gasteiger partial charge < -0.3 is 15.8 Å². The molecule has 0 aromatic rings. The Labute approximate surface area is 117 Å². The van der Waals surface area contributed by atoms with Crippen LogP contribution in [0.4, 0.5) is 0 Å². The van der Waals surface area contributed by atoms with Crippen molar-refractivity contribution in [1.29, 1.82) is 0 Å². The van der Waals surface area contributed by atoms with Gasteiger partial charge in [0.15, 0.2) is 0 Å². The molecule has 0 bridgehead atoms. The molecule has 3 unspecified atom stereocenters. The normalized spacial score (nSPS) is 29.3. The fourth-order valence-electron chi connectivity index (χ4n) is 2.83. The highest BCUT2D eigenvalue weighted by molar-refractivity contribution is 5.80. The van der Waals surface area contributed by atoms with Gasteiger partial charge in [0.05, 0.1) is 5.60 Å². The topological polar surface area (TPSA) is 64.3 Å². The van der Waals surface area contributed by atoms with Crippen LogP contribution < -0.4 is 11.1 Å². The van der Waals surface area contributed by atoms with Gasteiger partial charge in [0.1, 0.15) is 6.10 Å². The lowest BCUT2D eigenvalue weighted by Gasteiger charge is -2.40. The van der Waals surface area contributed by atoms with E-state index in [9.17, 15) is 4.79 Å². The lowest BCUT2D eigenvalue weighted by atomic mass is 9.78. The average Bonchev–Trinajstić information content (AvgIpc) is 2.35. The number of carbonyl (C=O) groups is 1. The summed E-state index contributed by atoms with van der Waals surface area (Å²) in [6.45, 7) is 9.41. The first-order valence-electron chi connectivity index (χ1n) is 7.54. The fourth-order valence-corrected chi connectivity index (χ4v) is 2.83. The number of rotatable bonds is 6. The summed E-state index contributed by atoms with van der Waals surface area (Å²) in [4.78, 5) is 12.0. The molecule has 112 valence electrons. The summed E-state index contributed by atoms with van der Waals surface area (Å²) in [5, 5.41) is 2.92. The third-order valence-corrected chi connectivity index (χ3v) is 3.90. The van der Waals surface area contributed by atoms with Crippen molar-refractivity contribution in [3.05, 3.63) is 0 Å². The Morgan fingerprint density at radius 1 is 1.47 bits per heavy atom. The molecule has 0 aromatic heterocycles. The van der Waals surface area contributed by atoms with Crippen molar-refractivity contribution in [2.75, 3.05) is 13.1 Å². The fraction of sp³-hybridized carbons (Fsp3) is 0.933. The van der Waals surface area contributed by atoms with Crippen LogP contribution in [-0.2, 0) is 9.53 Å². The molecule has 0 aromatic carbocycles. The van der Waals surface area contributed by atoms with Crippen LogP contribution in [0.1, 0.15) is 53.4 Å². The third kappa shape index (κ3) is 5.11. The van der Waals surface area contributed by atoms with Gasteiger partial charge >= 0.3 is 0 Å². The van der Waals surface area contributed by atoms with Gasteiger partial charge in [0.2, 0.25) is 5.91 Å². The molecule has 1 aliphatic carbocycles. The number of hydrogen-bond donors (Lipinski definition) is 2. The van der Waals surface area contributed by atoms with E-state index in [4.69, 9.17) is 10.5 Å². The first-order valence-corrected chi connectivity index (χ1v) is 7.54. The van der Waals surface area contributed by atoms with Crippen molar-refractivity contribution >= 4 is 5.91 Å². The highest BCUT2D eigenvalue weighted by atomic mass is 16.5. The second-order valence-electron chi connectivity index (χ2n) is 6.49. The smallest absolute Gasteiger partial charge is 0.248 e. The summed E-state index contributed by atoms with van der Waals surface area (Å²) in [5.74, 6) is 1.05. The lowest BCUT2D eigenvalue weighted by Crippen LogP contribution is -2.49. The van der Waals surface area contributed by atoms with Crippen LogP contribution in [0.25, 0.3) is 0 Å². The predicted octanol–water partition coefficient (Wildman–Crippen LogP) is 2.07. The summed E-state index contributed by atoms with van der Waals surface area (Å²) in [5.41, 5.74) is 5.62.